The first-order valence-electron chi connectivity index (χ1n) is 6.48. The fraction of sp³-hybridized carbons (Fsp3) is 0.571. The number of hydrogen-bond acceptors (Lipinski definition) is 5. The number of aryl methyl sites for hydroxylation is 1. The summed E-state index contributed by atoms with van der Waals surface area (Å²) >= 11 is 0. The van der Waals surface area contributed by atoms with Crippen LogP contribution in [-0.2, 0) is 12.8 Å². The second-order valence-electron chi connectivity index (χ2n) is 4.55. The van der Waals surface area contributed by atoms with Crippen LogP contribution in [0.25, 0.3) is 0 Å². The standard InChI is InChI=1S/C14H19N5/c1-5-11-12(8-16)14(18-17-13(11)6-2)19(4)9-10(3)7-15/h10H,5-6,9H2,1-4H3. The Morgan fingerprint density at radius 2 is 1.89 bits per heavy atom. The number of rotatable bonds is 5. The Hall–Kier alpha value is -2.14. The summed E-state index contributed by atoms with van der Waals surface area (Å²) in [4.78, 5) is 1.83. The van der Waals surface area contributed by atoms with Crippen LogP contribution in [-0.4, -0.2) is 23.8 Å². The molecule has 100 valence electrons. The lowest BCUT2D eigenvalue weighted by Crippen LogP contribution is -2.26. The van der Waals surface area contributed by atoms with E-state index in [9.17, 15) is 5.26 Å². The van der Waals surface area contributed by atoms with Crippen LogP contribution >= 0.6 is 0 Å². The van der Waals surface area contributed by atoms with Crippen LogP contribution in [0.15, 0.2) is 0 Å². The zero-order chi connectivity index (χ0) is 14.4. The first kappa shape index (κ1) is 14.9. The Bertz CT molecular complexity index is 524. The highest BCUT2D eigenvalue weighted by Gasteiger charge is 2.18. The van der Waals surface area contributed by atoms with Gasteiger partial charge in [0.1, 0.15) is 11.6 Å². The fourth-order valence-corrected chi connectivity index (χ4v) is 2.09. The van der Waals surface area contributed by atoms with Gasteiger partial charge >= 0.3 is 0 Å². The molecule has 0 radical (unpaired) electrons. The average Bonchev–Trinajstić information content (AvgIpc) is 2.44. The number of aromatic nitrogens is 2. The molecule has 0 saturated carbocycles. The van der Waals surface area contributed by atoms with Gasteiger partial charge in [-0.3, -0.25) is 0 Å². The van der Waals surface area contributed by atoms with Crippen molar-refractivity contribution in [2.24, 2.45) is 5.92 Å². The molecule has 0 aliphatic carbocycles. The van der Waals surface area contributed by atoms with E-state index in [0.717, 1.165) is 24.1 Å². The van der Waals surface area contributed by atoms with Crippen LogP contribution in [0.4, 0.5) is 5.82 Å². The zero-order valence-corrected chi connectivity index (χ0v) is 11.9. The molecule has 0 fully saturated rings. The van der Waals surface area contributed by atoms with Crippen molar-refractivity contribution < 1.29 is 0 Å². The number of nitrogens with zero attached hydrogens (tertiary/aromatic N) is 5. The van der Waals surface area contributed by atoms with Crippen LogP contribution in [0.2, 0.25) is 0 Å². The van der Waals surface area contributed by atoms with Crippen LogP contribution in [0.3, 0.4) is 0 Å². The molecule has 0 amide bonds. The molecule has 0 spiro atoms. The second-order valence-corrected chi connectivity index (χ2v) is 4.55. The molecule has 1 aromatic heterocycles. The third-order valence-corrected chi connectivity index (χ3v) is 3.07. The highest BCUT2D eigenvalue weighted by atomic mass is 15.2. The molecule has 0 aliphatic heterocycles. The van der Waals surface area contributed by atoms with Crippen molar-refractivity contribution in [1.82, 2.24) is 10.2 Å². The normalized spacial score (nSPS) is 11.5. The van der Waals surface area contributed by atoms with Gasteiger partial charge in [0, 0.05) is 13.6 Å². The average molecular weight is 257 g/mol. The topological polar surface area (TPSA) is 76.6 Å². The van der Waals surface area contributed by atoms with Gasteiger partial charge in [0.25, 0.3) is 0 Å². The SMILES string of the molecule is CCc1nnc(N(C)CC(C)C#N)c(C#N)c1CC. The highest BCUT2D eigenvalue weighted by Crippen LogP contribution is 2.22. The highest BCUT2D eigenvalue weighted by molar-refractivity contribution is 5.57. The van der Waals surface area contributed by atoms with Crippen molar-refractivity contribution in [2.45, 2.75) is 33.6 Å². The van der Waals surface area contributed by atoms with E-state index in [1.54, 1.807) is 0 Å². The Balaban J connectivity index is 3.23. The van der Waals surface area contributed by atoms with Crippen molar-refractivity contribution in [3.05, 3.63) is 16.8 Å². The Morgan fingerprint density at radius 3 is 2.37 bits per heavy atom. The summed E-state index contributed by atoms with van der Waals surface area (Å²) in [7, 11) is 1.84. The predicted octanol–water partition coefficient (Wildman–Crippen LogP) is 2.07. The van der Waals surface area contributed by atoms with Crippen molar-refractivity contribution >= 4 is 5.82 Å². The van der Waals surface area contributed by atoms with Gasteiger partial charge in [0.05, 0.1) is 17.7 Å². The van der Waals surface area contributed by atoms with Crippen molar-refractivity contribution in [3.63, 3.8) is 0 Å². The molecule has 1 atom stereocenters. The summed E-state index contributed by atoms with van der Waals surface area (Å²) in [6.07, 6.45) is 1.53. The molecule has 1 rings (SSSR count). The third-order valence-electron chi connectivity index (χ3n) is 3.07. The van der Waals surface area contributed by atoms with Gasteiger partial charge < -0.3 is 4.90 Å². The minimum atomic E-state index is -0.116. The molecule has 1 aromatic rings. The van der Waals surface area contributed by atoms with E-state index in [-0.39, 0.29) is 5.92 Å². The smallest absolute Gasteiger partial charge is 0.169 e. The van der Waals surface area contributed by atoms with E-state index in [4.69, 9.17) is 5.26 Å². The van der Waals surface area contributed by atoms with E-state index >= 15 is 0 Å². The van der Waals surface area contributed by atoms with Crippen LogP contribution in [0.1, 0.15) is 37.6 Å². The summed E-state index contributed by atoms with van der Waals surface area (Å²) in [5, 5.41) is 26.6. The fourth-order valence-electron chi connectivity index (χ4n) is 2.09. The third kappa shape index (κ3) is 3.20. The molecule has 0 saturated heterocycles. The first-order valence-corrected chi connectivity index (χ1v) is 6.48. The van der Waals surface area contributed by atoms with Gasteiger partial charge in [-0.25, -0.2) is 0 Å². The molecule has 0 aliphatic rings. The first-order chi connectivity index (χ1) is 9.08. The van der Waals surface area contributed by atoms with Gasteiger partial charge in [0.15, 0.2) is 5.82 Å². The van der Waals surface area contributed by atoms with Gasteiger partial charge in [-0.2, -0.15) is 15.6 Å². The van der Waals surface area contributed by atoms with Gasteiger partial charge in [-0.05, 0) is 25.3 Å². The molecule has 0 N–H and O–H groups in total. The van der Waals surface area contributed by atoms with Gasteiger partial charge in [0.2, 0.25) is 0 Å². The Kier molecular flexibility index (Phi) is 5.26. The lowest BCUT2D eigenvalue weighted by molar-refractivity contribution is 0.700. The quantitative estimate of drug-likeness (QED) is 0.807. The summed E-state index contributed by atoms with van der Waals surface area (Å²) in [6.45, 7) is 6.40. The molecular formula is C14H19N5. The van der Waals surface area contributed by atoms with E-state index in [1.807, 2.05) is 32.7 Å². The van der Waals surface area contributed by atoms with Gasteiger partial charge in [-0.15, -0.1) is 5.10 Å². The molecule has 1 unspecified atom stereocenters. The molecule has 1 heterocycles. The number of anilines is 1. The predicted molar refractivity (Wildman–Crippen MR) is 73.6 cm³/mol. The maximum atomic E-state index is 9.38. The van der Waals surface area contributed by atoms with E-state index in [2.05, 4.69) is 22.3 Å². The Morgan fingerprint density at radius 1 is 1.21 bits per heavy atom. The van der Waals surface area contributed by atoms with Gasteiger partial charge in [-0.1, -0.05) is 13.8 Å². The maximum Gasteiger partial charge on any atom is 0.169 e. The number of hydrogen-bond donors (Lipinski definition) is 0. The van der Waals surface area contributed by atoms with Crippen LogP contribution in [0.5, 0.6) is 0 Å². The summed E-state index contributed by atoms with van der Waals surface area (Å²) in [5.41, 5.74) is 2.43. The minimum absolute atomic E-state index is 0.116. The monoisotopic (exact) mass is 257 g/mol. The van der Waals surface area contributed by atoms with E-state index in [1.165, 1.54) is 0 Å². The molecular weight excluding hydrogens is 238 g/mol. The van der Waals surface area contributed by atoms with Crippen LogP contribution in [0, 0.1) is 28.6 Å². The van der Waals surface area contributed by atoms with E-state index < -0.39 is 0 Å². The largest absolute Gasteiger partial charge is 0.356 e. The van der Waals surface area contributed by atoms with Crippen molar-refractivity contribution in [1.29, 1.82) is 10.5 Å². The molecule has 5 heteroatoms. The molecule has 5 nitrogen and oxygen atoms in total. The van der Waals surface area contributed by atoms with Crippen molar-refractivity contribution in [2.75, 3.05) is 18.5 Å². The summed E-state index contributed by atoms with van der Waals surface area (Å²) in [5.74, 6) is 0.452. The zero-order valence-electron chi connectivity index (χ0n) is 11.9. The lowest BCUT2D eigenvalue weighted by atomic mass is 10.0. The Labute approximate surface area is 114 Å². The summed E-state index contributed by atoms with van der Waals surface area (Å²) in [6, 6.07) is 4.42. The molecule has 0 aromatic carbocycles. The minimum Gasteiger partial charge on any atom is -0.356 e. The molecule has 19 heavy (non-hydrogen) atoms. The second kappa shape index (κ2) is 6.70. The lowest BCUT2D eigenvalue weighted by Gasteiger charge is -2.21. The summed E-state index contributed by atoms with van der Waals surface area (Å²) < 4.78 is 0. The maximum absolute atomic E-state index is 9.38. The van der Waals surface area contributed by atoms with E-state index in [0.29, 0.717) is 17.9 Å². The molecule has 0 bridgehead atoms. The number of nitriles is 2. The van der Waals surface area contributed by atoms with Crippen molar-refractivity contribution in [3.8, 4) is 12.1 Å². The van der Waals surface area contributed by atoms with Crippen LogP contribution < -0.4 is 4.90 Å².